The van der Waals surface area contributed by atoms with Gasteiger partial charge in [-0.05, 0) is 13.0 Å². The van der Waals surface area contributed by atoms with Crippen molar-refractivity contribution >= 4 is 44.4 Å². The van der Waals surface area contributed by atoms with E-state index in [2.05, 4.69) is 9.83 Å². The van der Waals surface area contributed by atoms with Crippen molar-refractivity contribution in [3.63, 3.8) is 0 Å². The van der Waals surface area contributed by atoms with Crippen molar-refractivity contribution < 1.29 is 13.2 Å². The average Bonchev–Trinajstić information content (AvgIpc) is 2.92. The Labute approximate surface area is 138 Å². The van der Waals surface area contributed by atoms with Crippen molar-refractivity contribution in [1.29, 1.82) is 0 Å². The number of hydrogen-bond donors (Lipinski definition) is 0. The van der Waals surface area contributed by atoms with E-state index in [-0.39, 0.29) is 41.2 Å². The number of halogens is 1. The van der Waals surface area contributed by atoms with Gasteiger partial charge in [-0.3, -0.25) is 9.20 Å². The SMILES string of the molecule is [C-]#[N+]c1ncn2c(N3CCS(=O)(=O)CC3)c(C(C)=O)cc(Cl)c12. The third kappa shape index (κ3) is 2.66. The van der Waals surface area contributed by atoms with Crippen LogP contribution in [0.2, 0.25) is 5.02 Å². The van der Waals surface area contributed by atoms with E-state index in [4.69, 9.17) is 18.2 Å². The number of pyridine rings is 1. The first-order valence-corrected chi connectivity index (χ1v) is 9.07. The maximum Gasteiger partial charge on any atom is 0.296 e. The van der Waals surface area contributed by atoms with Crippen molar-refractivity contribution in [2.75, 3.05) is 29.5 Å². The van der Waals surface area contributed by atoms with Gasteiger partial charge in [0.05, 0.1) is 27.6 Å². The second-order valence-electron chi connectivity index (χ2n) is 5.32. The van der Waals surface area contributed by atoms with Crippen LogP contribution in [0.5, 0.6) is 0 Å². The lowest BCUT2D eigenvalue weighted by atomic mass is 10.1. The van der Waals surface area contributed by atoms with Crippen molar-refractivity contribution in [3.05, 3.63) is 34.4 Å². The number of anilines is 1. The van der Waals surface area contributed by atoms with Gasteiger partial charge in [-0.1, -0.05) is 18.2 Å². The summed E-state index contributed by atoms with van der Waals surface area (Å²) in [6, 6.07) is 1.52. The molecule has 0 amide bonds. The minimum absolute atomic E-state index is 0.0266. The van der Waals surface area contributed by atoms with E-state index in [1.54, 1.807) is 4.40 Å². The maximum absolute atomic E-state index is 12.0. The normalized spacial score (nSPS) is 17.2. The average molecular weight is 353 g/mol. The van der Waals surface area contributed by atoms with Gasteiger partial charge in [-0.15, -0.1) is 4.98 Å². The molecule has 0 atom stereocenters. The summed E-state index contributed by atoms with van der Waals surface area (Å²) in [6.07, 6.45) is 1.44. The molecule has 0 bridgehead atoms. The van der Waals surface area contributed by atoms with Crippen molar-refractivity contribution in [2.24, 2.45) is 0 Å². The molecular formula is C14H13ClN4O3S. The molecule has 3 heterocycles. The molecule has 0 N–H and O–H groups in total. The number of nitrogens with zero attached hydrogens (tertiary/aromatic N) is 4. The fourth-order valence-corrected chi connectivity index (χ4v) is 4.18. The minimum atomic E-state index is -3.04. The lowest BCUT2D eigenvalue weighted by Crippen LogP contribution is -2.41. The number of carbonyl (C=O) groups excluding carboxylic acids is 1. The van der Waals surface area contributed by atoms with E-state index in [9.17, 15) is 13.2 Å². The zero-order valence-electron chi connectivity index (χ0n) is 12.3. The molecule has 0 aromatic carbocycles. The Hall–Kier alpha value is -2.11. The number of sulfone groups is 1. The fourth-order valence-electron chi connectivity index (χ4n) is 2.70. The van der Waals surface area contributed by atoms with Gasteiger partial charge in [0.15, 0.2) is 21.9 Å². The quantitative estimate of drug-likeness (QED) is 0.610. The number of hydrogen-bond acceptors (Lipinski definition) is 5. The summed E-state index contributed by atoms with van der Waals surface area (Å²) in [7, 11) is -3.04. The molecule has 1 fully saturated rings. The van der Waals surface area contributed by atoms with Crippen LogP contribution in [0.1, 0.15) is 17.3 Å². The van der Waals surface area contributed by atoms with E-state index in [1.807, 2.05) is 4.90 Å². The van der Waals surface area contributed by atoms with Crippen LogP contribution in [0, 0.1) is 6.57 Å². The van der Waals surface area contributed by atoms with E-state index < -0.39 is 9.84 Å². The maximum atomic E-state index is 12.0. The monoisotopic (exact) mass is 352 g/mol. The molecule has 7 nitrogen and oxygen atoms in total. The van der Waals surface area contributed by atoms with Crippen LogP contribution < -0.4 is 4.90 Å². The number of ketones is 1. The molecule has 2 aromatic rings. The molecule has 23 heavy (non-hydrogen) atoms. The lowest BCUT2D eigenvalue weighted by Gasteiger charge is -2.30. The summed E-state index contributed by atoms with van der Waals surface area (Å²) in [5, 5.41) is 0.270. The van der Waals surface area contributed by atoms with Crippen LogP contribution in [-0.4, -0.2) is 48.2 Å². The fraction of sp³-hybridized carbons (Fsp3) is 0.357. The molecule has 3 rings (SSSR count). The second kappa shape index (κ2) is 5.51. The molecule has 9 heteroatoms. The predicted molar refractivity (Wildman–Crippen MR) is 87.3 cm³/mol. The smallest absolute Gasteiger partial charge is 0.296 e. The molecule has 0 saturated carbocycles. The summed E-state index contributed by atoms with van der Waals surface area (Å²) in [4.78, 5) is 21.2. The van der Waals surface area contributed by atoms with Crippen LogP contribution in [0.4, 0.5) is 11.6 Å². The molecule has 0 aliphatic carbocycles. The standard InChI is InChI=1S/C14H13ClN4O3S/c1-9(20)10-7-11(15)12-13(16-2)17-8-19(12)14(10)18-3-5-23(21,22)6-4-18/h7-8H,3-6H2,1H3. The Morgan fingerprint density at radius 2 is 2.04 bits per heavy atom. The van der Waals surface area contributed by atoms with E-state index >= 15 is 0 Å². The summed E-state index contributed by atoms with van der Waals surface area (Å²) in [6.45, 7) is 9.17. The Kier molecular flexibility index (Phi) is 3.78. The highest BCUT2D eigenvalue weighted by Gasteiger charge is 2.28. The molecule has 0 spiro atoms. The van der Waals surface area contributed by atoms with E-state index in [0.29, 0.717) is 16.9 Å². The number of aromatic nitrogens is 2. The van der Waals surface area contributed by atoms with Crippen molar-refractivity contribution in [1.82, 2.24) is 9.38 Å². The third-order valence-corrected chi connectivity index (χ3v) is 5.74. The predicted octanol–water partition coefficient (Wildman–Crippen LogP) is 1.98. The largest absolute Gasteiger partial charge is 0.359 e. The van der Waals surface area contributed by atoms with Crippen molar-refractivity contribution in [3.8, 4) is 0 Å². The molecule has 1 aliphatic heterocycles. The van der Waals surface area contributed by atoms with Gasteiger partial charge in [0.1, 0.15) is 5.82 Å². The zero-order valence-corrected chi connectivity index (χ0v) is 13.9. The summed E-state index contributed by atoms with van der Waals surface area (Å²) in [5.74, 6) is 0.554. The Balaban J connectivity index is 2.24. The van der Waals surface area contributed by atoms with Crippen molar-refractivity contribution in [2.45, 2.75) is 6.92 Å². The van der Waals surface area contributed by atoms with E-state index in [0.717, 1.165) is 0 Å². The number of imidazole rings is 1. The molecule has 0 unspecified atom stereocenters. The summed E-state index contributed by atoms with van der Waals surface area (Å²) < 4.78 is 24.9. The third-order valence-electron chi connectivity index (χ3n) is 3.84. The Morgan fingerprint density at radius 1 is 1.39 bits per heavy atom. The van der Waals surface area contributed by atoms with Gasteiger partial charge >= 0.3 is 0 Å². The van der Waals surface area contributed by atoms with Gasteiger partial charge in [-0.2, -0.15) is 0 Å². The first kappa shape index (κ1) is 15.8. The van der Waals surface area contributed by atoms with Gasteiger partial charge in [0, 0.05) is 13.1 Å². The summed E-state index contributed by atoms with van der Waals surface area (Å²) in [5.41, 5.74) is 0.811. The topological polar surface area (TPSA) is 76.1 Å². The zero-order chi connectivity index (χ0) is 16.8. The van der Waals surface area contributed by atoms with Crippen LogP contribution in [0.15, 0.2) is 12.4 Å². The summed E-state index contributed by atoms with van der Waals surface area (Å²) >= 11 is 6.22. The van der Waals surface area contributed by atoms with Crippen LogP contribution in [0.25, 0.3) is 10.4 Å². The number of Topliss-reactive ketones (excluding diaryl/α,β-unsaturated/α-hetero) is 1. The van der Waals surface area contributed by atoms with Crippen LogP contribution in [-0.2, 0) is 9.84 Å². The molecule has 1 aliphatic rings. The molecule has 2 aromatic heterocycles. The Morgan fingerprint density at radius 3 is 2.61 bits per heavy atom. The lowest BCUT2D eigenvalue weighted by molar-refractivity contribution is 0.101. The second-order valence-corrected chi connectivity index (χ2v) is 8.03. The Bertz CT molecular complexity index is 945. The first-order valence-electron chi connectivity index (χ1n) is 6.87. The molecular weight excluding hydrogens is 340 g/mol. The van der Waals surface area contributed by atoms with Gasteiger partial charge < -0.3 is 9.74 Å². The molecule has 120 valence electrons. The van der Waals surface area contributed by atoms with Crippen LogP contribution >= 0.6 is 11.6 Å². The number of carbonyl (C=O) groups is 1. The van der Waals surface area contributed by atoms with Crippen LogP contribution in [0.3, 0.4) is 0 Å². The van der Waals surface area contributed by atoms with Gasteiger partial charge in [0.2, 0.25) is 0 Å². The molecule has 1 saturated heterocycles. The van der Waals surface area contributed by atoms with Gasteiger partial charge in [0.25, 0.3) is 5.82 Å². The van der Waals surface area contributed by atoms with E-state index in [1.165, 1.54) is 19.3 Å². The first-order chi connectivity index (χ1) is 10.8. The highest BCUT2D eigenvalue weighted by atomic mass is 35.5. The van der Waals surface area contributed by atoms with Gasteiger partial charge in [-0.25, -0.2) is 8.42 Å². The molecule has 0 radical (unpaired) electrons. The highest BCUT2D eigenvalue weighted by Crippen LogP contribution is 2.34. The number of rotatable bonds is 2. The highest BCUT2D eigenvalue weighted by molar-refractivity contribution is 7.91. The number of fused-ring (bicyclic) bond motifs is 1. The minimum Gasteiger partial charge on any atom is -0.359 e.